The highest BCUT2D eigenvalue weighted by Crippen LogP contribution is 2.35. The number of aromatic nitrogens is 2. The zero-order valence-corrected chi connectivity index (χ0v) is 34.3. The molecular formula is C45H51N7O7. The number of carbonyl (C=O) groups excluding carboxylic acids is 5. The maximum atomic E-state index is 13.6. The van der Waals surface area contributed by atoms with Gasteiger partial charge in [0.2, 0.25) is 11.8 Å². The lowest BCUT2D eigenvalue weighted by Gasteiger charge is -2.30. The van der Waals surface area contributed by atoms with Crippen LogP contribution in [0.4, 0.5) is 9.59 Å². The Balaban J connectivity index is 1.00. The summed E-state index contributed by atoms with van der Waals surface area (Å²) in [5.41, 5.74) is 6.74. The largest absolute Gasteiger partial charge is 0.453 e. The van der Waals surface area contributed by atoms with E-state index in [-0.39, 0.29) is 48.4 Å². The molecule has 4 amide bonds. The summed E-state index contributed by atoms with van der Waals surface area (Å²) in [6.07, 6.45) is 4.62. The molecule has 0 radical (unpaired) electrons. The summed E-state index contributed by atoms with van der Waals surface area (Å²) in [5.74, 6) is -0.104. The first-order valence-electron chi connectivity index (χ1n) is 20.1. The number of aromatic amines is 1. The molecule has 2 saturated heterocycles. The number of nitrogens with one attached hydrogen (secondary N) is 3. The second-order valence-corrected chi connectivity index (χ2v) is 16.1. The van der Waals surface area contributed by atoms with Crippen LogP contribution in [0.1, 0.15) is 70.8 Å². The summed E-state index contributed by atoms with van der Waals surface area (Å²) >= 11 is 0. The van der Waals surface area contributed by atoms with Crippen LogP contribution < -0.4 is 10.6 Å². The van der Waals surface area contributed by atoms with Gasteiger partial charge in [0, 0.05) is 36.9 Å². The number of benzene rings is 3. The van der Waals surface area contributed by atoms with E-state index in [9.17, 15) is 24.0 Å². The number of ether oxygens (including phenoxy) is 2. The molecular weight excluding hydrogens is 751 g/mol. The van der Waals surface area contributed by atoms with Gasteiger partial charge in [0.1, 0.15) is 17.9 Å². The number of ketones is 1. The first-order valence-corrected chi connectivity index (χ1v) is 20.1. The number of methoxy groups -OCH3 is 2. The lowest BCUT2D eigenvalue weighted by molar-refractivity contribution is -0.136. The topological polar surface area (TPSA) is 175 Å². The fourth-order valence-electron chi connectivity index (χ4n) is 8.24. The summed E-state index contributed by atoms with van der Waals surface area (Å²) in [5, 5.41) is 7.48. The maximum Gasteiger partial charge on any atom is 0.407 e. The van der Waals surface area contributed by atoms with Gasteiger partial charge in [-0.1, -0.05) is 76.2 Å². The van der Waals surface area contributed by atoms with Crippen LogP contribution in [-0.2, 0) is 23.9 Å². The SMILES string of the molecule is COC(=O)N[C@H](C(=O)N1CC(=O)C[C@H]1C1=NC=C(c2ccc(-c3ccc4cc(-c5cnc([C@@H]6CCCN6C(=O)[C@@H](NC(=O)OC)C(C)C)[nH]5)ccc4c3)cc2)C1)C(C)C. The van der Waals surface area contributed by atoms with E-state index in [1.165, 1.54) is 14.2 Å². The van der Waals surface area contributed by atoms with Gasteiger partial charge in [-0.3, -0.25) is 19.4 Å². The number of amides is 4. The number of aliphatic imine (C=N–C) groups is 1. The molecule has 4 atom stereocenters. The van der Waals surface area contributed by atoms with E-state index < -0.39 is 30.3 Å². The summed E-state index contributed by atoms with van der Waals surface area (Å²) in [6.45, 7) is 8.04. The van der Waals surface area contributed by atoms with Crippen molar-refractivity contribution >= 4 is 51.8 Å². The number of fused-ring (bicyclic) bond motifs is 1. The second kappa shape index (κ2) is 17.3. The standard InChI is InChI=1S/C45H51N7O7/c1-25(2)39(49-44(56)58-5)42(54)51-17-7-8-37(51)41-47-23-36(48-41)32-16-15-30-18-29(13-14-31(30)19-32)27-9-11-28(12-10-27)33-20-35(46-22-33)38-21-34(53)24-52(38)43(55)40(26(3)4)50-45(57)59-6/h9-16,18-19,22-23,25-26,37-40H,7-8,17,20-21,24H2,1-6H3,(H,47,48)(H,49,56)(H,50,57)/t37-,38-,39-,40-/m0/s1. The first kappa shape index (κ1) is 40.9. The fourth-order valence-corrected chi connectivity index (χ4v) is 8.24. The molecule has 308 valence electrons. The molecule has 0 unspecified atom stereocenters. The van der Waals surface area contributed by atoms with Gasteiger partial charge < -0.3 is 34.9 Å². The number of nitrogens with zero attached hydrogens (tertiary/aromatic N) is 4. The minimum absolute atomic E-state index is 0.0165. The molecule has 2 fully saturated rings. The van der Waals surface area contributed by atoms with Crippen LogP contribution in [0.15, 0.2) is 78.1 Å². The van der Waals surface area contributed by atoms with Crippen LogP contribution in [0.3, 0.4) is 0 Å². The summed E-state index contributed by atoms with van der Waals surface area (Å²) in [6, 6.07) is 18.8. The smallest absolute Gasteiger partial charge is 0.407 e. The van der Waals surface area contributed by atoms with E-state index in [1.807, 2.05) is 45.0 Å². The van der Waals surface area contributed by atoms with Crippen molar-refractivity contribution in [2.75, 3.05) is 27.3 Å². The van der Waals surface area contributed by atoms with E-state index >= 15 is 0 Å². The van der Waals surface area contributed by atoms with Gasteiger partial charge in [0.25, 0.3) is 0 Å². The summed E-state index contributed by atoms with van der Waals surface area (Å²) < 4.78 is 9.49. The summed E-state index contributed by atoms with van der Waals surface area (Å²) in [7, 11) is 2.54. The minimum atomic E-state index is -0.823. The Labute approximate surface area is 343 Å². The molecule has 0 spiro atoms. The van der Waals surface area contributed by atoms with E-state index in [0.717, 1.165) is 68.7 Å². The average molecular weight is 802 g/mol. The quantitative estimate of drug-likeness (QED) is 0.151. The molecule has 1 aromatic heterocycles. The number of H-pyrrole nitrogens is 1. The minimum Gasteiger partial charge on any atom is -0.453 e. The van der Waals surface area contributed by atoms with Gasteiger partial charge >= 0.3 is 12.2 Å². The Morgan fingerprint density at radius 2 is 1.34 bits per heavy atom. The normalized spacial score (nSPS) is 18.9. The third-order valence-corrected chi connectivity index (χ3v) is 11.5. The van der Waals surface area contributed by atoms with Crippen molar-refractivity contribution in [2.24, 2.45) is 16.8 Å². The second-order valence-electron chi connectivity index (χ2n) is 16.1. The molecule has 0 saturated carbocycles. The van der Waals surface area contributed by atoms with E-state index in [2.05, 4.69) is 81.3 Å². The average Bonchev–Trinajstić information content (AvgIpc) is 4.08. The predicted octanol–water partition coefficient (Wildman–Crippen LogP) is 6.68. The first-order chi connectivity index (χ1) is 28.3. The van der Waals surface area contributed by atoms with Crippen molar-refractivity contribution in [3.63, 3.8) is 0 Å². The molecule has 3 aliphatic rings. The Morgan fingerprint density at radius 3 is 1.97 bits per heavy atom. The lowest BCUT2D eigenvalue weighted by Crippen LogP contribution is -2.53. The van der Waals surface area contributed by atoms with Crippen molar-refractivity contribution in [2.45, 2.75) is 77.5 Å². The Bertz CT molecular complexity index is 2330. The predicted molar refractivity (Wildman–Crippen MR) is 224 cm³/mol. The van der Waals surface area contributed by atoms with E-state index in [0.29, 0.717) is 13.0 Å². The number of Topliss-reactive ketones (excluding diaryl/α,β-unsaturated/α-hetero) is 1. The zero-order valence-electron chi connectivity index (χ0n) is 34.3. The van der Waals surface area contributed by atoms with Crippen LogP contribution in [0.5, 0.6) is 0 Å². The summed E-state index contributed by atoms with van der Waals surface area (Å²) in [4.78, 5) is 79.9. The van der Waals surface area contributed by atoms with Crippen molar-refractivity contribution in [3.8, 4) is 22.4 Å². The Hall–Kier alpha value is -6.31. The molecule has 3 N–H and O–H groups in total. The molecule has 59 heavy (non-hydrogen) atoms. The van der Waals surface area contributed by atoms with Crippen molar-refractivity contribution in [3.05, 3.63) is 84.4 Å². The molecule has 14 heteroatoms. The molecule has 3 aliphatic heterocycles. The number of allylic oxidation sites excluding steroid dienone is 1. The van der Waals surface area contributed by atoms with Gasteiger partial charge in [0.15, 0.2) is 5.78 Å². The third kappa shape index (κ3) is 8.62. The highest BCUT2D eigenvalue weighted by molar-refractivity contribution is 6.08. The number of carbonyl (C=O) groups is 5. The van der Waals surface area contributed by atoms with Gasteiger partial charge in [0.05, 0.1) is 44.7 Å². The molecule has 0 bridgehead atoms. The third-order valence-electron chi connectivity index (χ3n) is 11.5. The number of alkyl carbamates (subject to hydrolysis) is 2. The monoisotopic (exact) mass is 801 g/mol. The highest BCUT2D eigenvalue weighted by atomic mass is 16.5. The molecule has 3 aromatic carbocycles. The van der Waals surface area contributed by atoms with Crippen LogP contribution in [-0.4, -0.2) is 101 Å². The number of hydrogen-bond donors (Lipinski definition) is 3. The van der Waals surface area contributed by atoms with Gasteiger partial charge in [-0.05, 0) is 69.8 Å². The van der Waals surface area contributed by atoms with Gasteiger partial charge in [-0.25, -0.2) is 14.6 Å². The van der Waals surface area contributed by atoms with Crippen LogP contribution in [0.25, 0.3) is 38.7 Å². The Kier molecular flexibility index (Phi) is 12.0. The number of imidazole rings is 1. The van der Waals surface area contributed by atoms with Crippen molar-refractivity contribution in [1.29, 1.82) is 0 Å². The maximum absolute atomic E-state index is 13.6. The molecule has 7 rings (SSSR count). The lowest BCUT2D eigenvalue weighted by atomic mass is 9.95. The highest BCUT2D eigenvalue weighted by Gasteiger charge is 2.42. The number of likely N-dealkylation sites (tertiary alicyclic amines) is 2. The van der Waals surface area contributed by atoms with E-state index in [4.69, 9.17) is 14.5 Å². The molecule has 4 heterocycles. The number of rotatable bonds is 11. The number of hydrogen-bond acceptors (Lipinski definition) is 9. The Morgan fingerprint density at radius 1 is 0.763 bits per heavy atom. The molecule has 14 nitrogen and oxygen atoms in total. The fraction of sp³-hybridized carbons (Fsp3) is 0.400. The molecule has 4 aromatic rings. The van der Waals surface area contributed by atoms with Crippen molar-refractivity contribution < 1.29 is 33.4 Å². The molecule has 0 aliphatic carbocycles. The van der Waals surface area contributed by atoms with Crippen LogP contribution in [0, 0.1) is 11.8 Å². The van der Waals surface area contributed by atoms with Crippen molar-refractivity contribution in [1.82, 2.24) is 30.4 Å². The zero-order chi connectivity index (χ0) is 42.0. The van der Waals surface area contributed by atoms with Crippen LogP contribution in [0.2, 0.25) is 0 Å². The van der Waals surface area contributed by atoms with Gasteiger partial charge in [-0.15, -0.1) is 0 Å². The van der Waals surface area contributed by atoms with E-state index in [1.54, 1.807) is 4.90 Å². The van der Waals surface area contributed by atoms with Gasteiger partial charge in [-0.2, -0.15) is 0 Å². The van der Waals surface area contributed by atoms with Crippen LogP contribution >= 0.6 is 0 Å².